The number of ether oxygens (including phenoxy) is 3. The third-order valence-electron chi connectivity index (χ3n) is 14.0. The molecule has 0 aliphatic rings. The van der Waals surface area contributed by atoms with Crippen LogP contribution in [-0.2, 0) is 28.6 Å². The Labute approximate surface area is 418 Å². The number of esters is 3. The smallest absolute Gasteiger partial charge is 0.306 e. The molecule has 398 valence electrons. The molecule has 1 atom stereocenters. The van der Waals surface area contributed by atoms with Gasteiger partial charge in [0.2, 0.25) is 0 Å². The Morgan fingerprint density at radius 3 is 0.731 bits per heavy atom. The van der Waals surface area contributed by atoms with Gasteiger partial charge in [0, 0.05) is 19.3 Å². The second-order valence-electron chi connectivity index (χ2n) is 21.9. The number of hydrogen-bond acceptors (Lipinski definition) is 6. The second-order valence-corrected chi connectivity index (χ2v) is 21.9. The third kappa shape index (κ3) is 55.2. The minimum Gasteiger partial charge on any atom is -0.462 e. The van der Waals surface area contributed by atoms with E-state index in [-0.39, 0.29) is 31.1 Å². The van der Waals surface area contributed by atoms with Gasteiger partial charge >= 0.3 is 17.9 Å². The van der Waals surface area contributed by atoms with Gasteiger partial charge in [-0.3, -0.25) is 14.4 Å². The summed E-state index contributed by atoms with van der Waals surface area (Å²) < 4.78 is 16.8. The molecule has 0 spiro atoms. The van der Waals surface area contributed by atoms with Crippen molar-refractivity contribution in [3.05, 3.63) is 0 Å². The van der Waals surface area contributed by atoms with Gasteiger partial charge in [0.05, 0.1) is 0 Å². The van der Waals surface area contributed by atoms with E-state index in [0.29, 0.717) is 19.3 Å². The zero-order chi connectivity index (χ0) is 48.9. The number of hydrogen-bond donors (Lipinski definition) is 0. The maximum atomic E-state index is 12.8. The lowest BCUT2D eigenvalue weighted by Gasteiger charge is -2.18. The van der Waals surface area contributed by atoms with Crippen molar-refractivity contribution >= 4 is 17.9 Å². The first-order valence-corrected chi connectivity index (χ1v) is 30.2. The molecule has 0 radical (unpaired) electrons. The summed E-state index contributed by atoms with van der Waals surface area (Å²) >= 11 is 0. The molecular weight excluding hydrogens is 829 g/mol. The molecule has 67 heavy (non-hydrogen) atoms. The van der Waals surface area contributed by atoms with E-state index in [1.54, 1.807) is 0 Å². The van der Waals surface area contributed by atoms with Crippen LogP contribution in [0.5, 0.6) is 0 Å². The van der Waals surface area contributed by atoms with Crippen molar-refractivity contribution < 1.29 is 28.6 Å². The molecule has 0 fully saturated rings. The van der Waals surface area contributed by atoms with Crippen LogP contribution in [0.3, 0.4) is 0 Å². The number of unbranched alkanes of at least 4 members (excludes halogenated alkanes) is 40. The third-order valence-corrected chi connectivity index (χ3v) is 14.0. The summed E-state index contributed by atoms with van der Waals surface area (Å²) in [4.78, 5) is 38.0. The Morgan fingerprint density at radius 2 is 0.493 bits per heavy atom. The van der Waals surface area contributed by atoms with Crippen molar-refractivity contribution in [2.75, 3.05) is 13.2 Å². The van der Waals surface area contributed by atoms with Gasteiger partial charge in [-0.2, -0.15) is 0 Å². The van der Waals surface area contributed by atoms with Crippen LogP contribution in [-0.4, -0.2) is 37.2 Å². The predicted octanol–water partition coefficient (Wildman–Crippen LogP) is 20.0. The molecule has 0 heterocycles. The van der Waals surface area contributed by atoms with E-state index in [1.165, 1.54) is 231 Å². The summed E-state index contributed by atoms with van der Waals surface area (Å²) in [5.41, 5.74) is 0. The van der Waals surface area contributed by atoms with E-state index >= 15 is 0 Å². The highest BCUT2D eigenvalue weighted by molar-refractivity contribution is 5.71. The zero-order valence-electron chi connectivity index (χ0n) is 46.0. The maximum Gasteiger partial charge on any atom is 0.306 e. The lowest BCUT2D eigenvalue weighted by molar-refractivity contribution is -0.167. The van der Waals surface area contributed by atoms with E-state index in [0.717, 1.165) is 69.6 Å². The van der Waals surface area contributed by atoms with Crippen molar-refractivity contribution in [1.29, 1.82) is 0 Å². The molecule has 0 N–H and O–H groups in total. The van der Waals surface area contributed by atoms with Crippen molar-refractivity contribution in [3.8, 4) is 0 Å². The summed E-state index contributed by atoms with van der Waals surface area (Å²) in [7, 11) is 0. The van der Waals surface area contributed by atoms with Crippen LogP contribution >= 0.6 is 0 Å². The summed E-state index contributed by atoms with van der Waals surface area (Å²) in [5.74, 6) is 0.874. The Hall–Kier alpha value is -1.59. The first-order valence-electron chi connectivity index (χ1n) is 30.2. The largest absolute Gasteiger partial charge is 0.462 e. The van der Waals surface area contributed by atoms with Gasteiger partial charge < -0.3 is 14.2 Å². The monoisotopic (exact) mass is 947 g/mol. The van der Waals surface area contributed by atoms with E-state index < -0.39 is 6.10 Å². The first-order chi connectivity index (χ1) is 32.7. The summed E-state index contributed by atoms with van der Waals surface area (Å²) in [6.45, 7) is 11.4. The van der Waals surface area contributed by atoms with Crippen LogP contribution in [0, 0.1) is 11.8 Å². The van der Waals surface area contributed by atoms with Gasteiger partial charge in [0.15, 0.2) is 6.10 Å². The molecule has 0 aromatic heterocycles. The Morgan fingerprint density at radius 1 is 0.284 bits per heavy atom. The molecule has 0 aromatic rings. The molecule has 0 bridgehead atoms. The van der Waals surface area contributed by atoms with Gasteiger partial charge in [0.1, 0.15) is 13.2 Å². The fraction of sp³-hybridized carbons (Fsp3) is 0.951. The van der Waals surface area contributed by atoms with Gasteiger partial charge in [-0.15, -0.1) is 0 Å². The van der Waals surface area contributed by atoms with Crippen molar-refractivity contribution in [1.82, 2.24) is 0 Å². The average Bonchev–Trinajstić information content (AvgIpc) is 3.30. The molecule has 0 aliphatic heterocycles. The topological polar surface area (TPSA) is 78.9 Å². The Bertz CT molecular complexity index is 1020. The van der Waals surface area contributed by atoms with Gasteiger partial charge in [-0.25, -0.2) is 0 Å². The molecular formula is C61H118O6. The first kappa shape index (κ1) is 65.4. The van der Waals surface area contributed by atoms with Gasteiger partial charge in [-0.05, 0) is 31.1 Å². The fourth-order valence-corrected chi connectivity index (χ4v) is 9.40. The zero-order valence-corrected chi connectivity index (χ0v) is 46.0. The van der Waals surface area contributed by atoms with E-state index in [9.17, 15) is 14.4 Å². The molecule has 0 amide bonds. The summed E-state index contributed by atoms with van der Waals surface area (Å²) in [5, 5.41) is 0. The molecule has 0 aromatic carbocycles. The highest BCUT2D eigenvalue weighted by Gasteiger charge is 2.19. The van der Waals surface area contributed by atoms with E-state index in [4.69, 9.17) is 14.2 Å². The maximum absolute atomic E-state index is 12.8. The fourth-order valence-electron chi connectivity index (χ4n) is 9.40. The van der Waals surface area contributed by atoms with Crippen LogP contribution in [0.2, 0.25) is 0 Å². The molecule has 0 rings (SSSR count). The summed E-state index contributed by atoms with van der Waals surface area (Å²) in [6.07, 6.45) is 58.4. The molecule has 0 saturated heterocycles. The average molecular weight is 948 g/mol. The van der Waals surface area contributed by atoms with E-state index in [1.807, 2.05) is 0 Å². The highest BCUT2D eigenvalue weighted by Crippen LogP contribution is 2.19. The molecule has 0 saturated carbocycles. The van der Waals surface area contributed by atoms with E-state index in [2.05, 4.69) is 34.6 Å². The number of carbonyl (C=O) groups is 3. The Balaban J connectivity index is 4.10. The minimum atomic E-state index is -0.761. The predicted molar refractivity (Wildman–Crippen MR) is 289 cm³/mol. The van der Waals surface area contributed by atoms with Crippen molar-refractivity contribution in [2.45, 2.75) is 349 Å². The standard InChI is InChI=1S/C61H118O6/c1-6-7-8-9-34-41-46-51-59(62)65-54-58(67-61(64)53-48-43-38-33-29-25-21-17-13-11-15-19-23-27-31-36-40-45-50-57(4)5)55-66-60(63)52-47-42-37-32-28-24-20-16-12-10-14-18-22-26-30-35-39-44-49-56(2)3/h56-58H,6-55H2,1-5H3/t58-/m1/s1. The minimum absolute atomic E-state index is 0.0628. The van der Waals surface area contributed by atoms with Crippen molar-refractivity contribution in [3.63, 3.8) is 0 Å². The molecule has 0 unspecified atom stereocenters. The van der Waals surface area contributed by atoms with Gasteiger partial charge in [-0.1, -0.05) is 304 Å². The molecule has 6 nitrogen and oxygen atoms in total. The normalized spacial score (nSPS) is 12.0. The highest BCUT2D eigenvalue weighted by atomic mass is 16.6. The van der Waals surface area contributed by atoms with Gasteiger partial charge in [0.25, 0.3) is 0 Å². The van der Waals surface area contributed by atoms with Crippen LogP contribution in [0.15, 0.2) is 0 Å². The quantitative estimate of drug-likeness (QED) is 0.0343. The van der Waals surface area contributed by atoms with Crippen LogP contribution in [0.1, 0.15) is 343 Å². The second kappa shape index (κ2) is 53.8. The van der Waals surface area contributed by atoms with Crippen LogP contribution < -0.4 is 0 Å². The lowest BCUT2D eigenvalue weighted by atomic mass is 10.0. The number of carbonyl (C=O) groups excluding carboxylic acids is 3. The SMILES string of the molecule is CCCCCCCCCC(=O)OC[C@H](COC(=O)CCCCCCCCCCCCCCCCCCCCC(C)C)OC(=O)CCCCCCCCCCCCCCCCCCCCC(C)C. The number of rotatable bonds is 55. The molecule has 6 heteroatoms. The van der Waals surface area contributed by atoms with Crippen molar-refractivity contribution in [2.24, 2.45) is 11.8 Å². The van der Waals surface area contributed by atoms with Crippen LogP contribution in [0.4, 0.5) is 0 Å². The Kier molecular flexibility index (Phi) is 52.5. The van der Waals surface area contributed by atoms with Crippen LogP contribution in [0.25, 0.3) is 0 Å². The summed E-state index contributed by atoms with van der Waals surface area (Å²) in [6, 6.07) is 0. The molecule has 0 aliphatic carbocycles. The lowest BCUT2D eigenvalue weighted by Crippen LogP contribution is -2.30.